The zero-order chi connectivity index (χ0) is 20.7. The Bertz CT molecular complexity index is 1220. The number of fused-ring (bicyclic) bond motifs is 2. The van der Waals surface area contributed by atoms with Crippen molar-refractivity contribution in [3.05, 3.63) is 72.3 Å². The van der Waals surface area contributed by atoms with E-state index in [0.717, 1.165) is 46.1 Å². The number of aromatic nitrogens is 2. The highest BCUT2D eigenvalue weighted by Gasteiger charge is 2.28. The monoisotopic (exact) mass is 405 g/mol. The maximum atomic E-state index is 13.5. The van der Waals surface area contributed by atoms with E-state index in [2.05, 4.69) is 20.9 Å². The number of benzene rings is 2. The van der Waals surface area contributed by atoms with Crippen LogP contribution in [-0.4, -0.2) is 45.4 Å². The van der Waals surface area contributed by atoms with Gasteiger partial charge in [0.2, 0.25) is 0 Å². The number of halogens is 1. The molecule has 0 spiro atoms. The van der Waals surface area contributed by atoms with Crippen molar-refractivity contribution in [1.29, 1.82) is 0 Å². The maximum Gasteiger partial charge on any atom is 0.178 e. The Morgan fingerprint density at radius 2 is 2.00 bits per heavy atom. The molecule has 4 aromatic rings. The van der Waals surface area contributed by atoms with Crippen LogP contribution in [0.4, 0.5) is 4.39 Å². The van der Waals surface area contributed by atoms with Crippen LogP contribution < -0.4 is 4.74 Å². The number of aliphatic hydroxyl groups excluding tert-OH is 1. The Hall–Kier alpha value is -3.09. The van der Waals surface area contributed by atoms with Gasteiger partial charge < -0.3 is 19.8 Å². The van der Waals surface area contributed by atoms with Crippen LogP contribution in [-0.2, 0) is 0 Å². The Morgan fingerprint density at radius 1 is 1.10 bits per heavy atom. The molecule has 154 valence electrons. The molecule has 0 fully saturated rings. The van der Waals surface area contributed by atoms with Gasteiger partial charge in [-0.05, 0) is 55.3 Å². The molecular formula is C24H24FN3O2. The summed E-state index contributed by atoms with van der Waals surface area (Å²) in [5, 5.41) is 12.5. The summed E-state index contributed by atoms with van der Waals surface area (Å²) in [7, 11) is 0. The van der Waals surface area contributed by atoms with Crippen LogP contribution in [0.3, 0.4) is 0 Å². The molecule has 0 aliphatic carbocycles. The minimum absolute atomic E-state index is 0.242. The van der Waals surface area contributed by atoms with Crippen LogP contribution in [0, 0.1) is 5.82 Å². The zero-order valence-electron chi connectivity index (χ0n) is 16.7. The standard InChI is InChI=1S/C24H24FN3O2/c1-15(29)24(30-23-4-2-3-21-19(23)7-10-26-21)28-11-8-16(9-12-28)20-14-27-22-13-17(25)5-6-18(20)22/h2-8,10,13-15,24,26-27,29H,9,11-12H2,1H3. The molecule has 5 nitrogen and oxygen atoms in total. The molecule has 0 saturated heterocycles. The quantitative estimate of drug-likeness (QED) is 0.452. The molecule has 3 heterocycles. The average Bonchev–Trinajstić information content (AvgIpc) is 3.39. The first-order chi connectivity index (χ1) is 14.6. The Kier molecular flexibility index (Phi) is 4.81. The van der Waals surface area contributed by atoms with Crippen molar-refractivity contribution in [2.24, 2.45) is 0 Å². The molecule has 1 aliphatic rings. The molecule has 5 rings (SSSR count). The molecular weight excluding hydrogens is 381 g/mol. The number of rotatable bonds is 5. The van der Waals surface area contributed by atoms with E-state index in [9.17, 15) is 9.50 Å². The molecule has 0 saturated carbocycles. The van der Waals surface area contributed by atoms with Gasteiger partial charge in [0.25, 0.3) is 0 Å². The van der Waals surface area contributed by atoms with Crippen molar-refractivity contribution in [1.82, 2.24) is 14.9 Å². The SMILES string of the molecule is CC(O)C(Oc1cccc2[nH]ccc12)N1CC=C(c2c[nH]c3cc(F)ccc23)CC1. The van der Waals surface area contributed by atoms with Gasteiger partial charge in [0.1, 0.15) is 17.7 Å². The van der Waals surface area contributed by atoms with E-state index in [1.54, 1.807) is 6.92 Å². The van der Waals surface area contributed by atoms with Gasteiger partial charge in [-0.25, -0.2) is 4.39 Å². The van der Waals surface area contributed by atoms with Gasteiger partial charge in [-0.15, -0.1) is 0 Å². The van der Waals surface area contributed by atoms with Gasteiger partial charge >= 0.3 is 0 Å². The molecule has 2 aromatic heterocycles. The fraction of sp³-hybridized carbons (Fsp3) is 0.250. The van der Waals surface area contributed by atoms with Crippen molar-refractivity contribution in [2.45, 2.75) is 25.7 Å². The van der Waals surface area contributed by atoms with Gasteiger partial charge in [0.15, 0.2) is 6.23 Å². The molecule has 2 aromatic carbocycles. The summed E-state index contributed by atoms with van der Waals surface area (Å²) in [6.45, 7) is 3.19. The second-order valence-corrected chi connectivity index (χ2v) is 7.81. The lowest BCUT2D eigenvalue weighted by atomic mass is 9.98. The summed E-state index contributed by atoms with van der Waals surface area (Å²) in [6, 6.07) is 12.7. The molecule has 6 heteroatoms. The van der Waals surface area contributed by atoms with E-state index >= 15 is 0 Å². The van der Waals surface area contributed by atoms with Gasteiger partial charge in [0, 0.05) is 52.9 Å². The van der Waals surface area contributed by atoms with E-state index in [4.69, 9.17) is 4.74 Å². The van der Waals surface area contributed by atoms with E-state index in [1.165, 1.54) is 17.7 Å². The maximum absolute atomic E-state index is 13.5. The molecule has 1 aliphatic heterocycles. The lowest BCUT2D eigenvalue weighted by Crippen LogP contribution is -2.48. The zero-order valence-corrected chi connectivity index (χ0v) is 16.7. The Labute approximate surface area is 173 Å². The molecule has 0 bridgehead atoms. The van der Waals surface area contributed by atoms with Crippen molar-refractivity contribution >= 4 is 27.4 Å². The van der Waals surface area contributed by atoms with Gasteiger partial charge in [-0.3, -0.25) is 4.90 Å². The number of H-pyrrole nitrogens is 2. The second kappa shape index (κ2) is 7.63. The lowest BCUT2D eigenvalue weighted by Gasteiger charge is -2.35. The summed E-state index contributed by atoms with van der Waals surface area (Å²) < 4.78 is 19.8. The number of aliphatic hydroxyl groups is 1. The van der Waals surface area contributed by atoms with Crippen molar-refractivity contribution in [3.63, 3.8) is 0 Å². The van der Waals surface area contributed by atoms with Crippen LogP contribution in [0.25, 0.3) is 27.4 Å². The fourth-order valence-electron chi connectivity index (χ4n) is 4.29. The van der Waals surface area contributed by atoms with Gasteiger partial charge in [0.05, 0.1) is 0 Å². The van der Waals surface area contributed by atoms with E-state index in [-0.39, 0.29) is 5.82 Å². The minimum atomic E-state index is -0.648. The summed E-state index contributed by atoms with van der Waals surface area (Å²) in [6.07, 6.45) is 5.74. The molecule has 2 atom stereocenters. The third-order valence-corrected chi connectivity index (χ3v) is 5.81. The average molecular weight is 405 g/mol. The topological polar surface area (TPSA) is 64.3 Å². The molecule has 2 unspecified atom stereocenters. The number of hydrogen-bond donors (Lipinski definition) is 3. The third kappa shape index (κ3) is 3.38. The highest BCUT2D eigenvalue weighted by molar-refractivity contribution is 5.92. The molecule has 30 heavy (non-hydrogen) atoms. The summed E-state index contributed by atoms with van der Waals surface area (Å²) in [4.78, 5) is 8.50. The Morgan fingerprint density at radius 3 is 2.80 bits per heavy atom. The predicted molar refractivity (Wildman–Crippen MR) is 117 cm³/mol. The van der Waals surface area contributed by atoms with Gasteiger partial charge in [-0.2, -0.15) is 0 Å². The number of hydrogen-bond acceptors (Lipinski definition) is 3. The number of aromatic amines is 2. The smallest absolute Gasteiger partial charge is 0.178 e. The van der Waals surface area contributed by atoms with Crippen LogP contribution in [0.2, 0.25) is 0 Å². The summed E-state index contributed by atoms with van der Waals surface area (Å²) in [5.41, 5.74) is 4.14. The summed E-state index contributed by atoms with van der Waals surface area (Å²) >= 11 is 0. The molecule has 3 N–H and O–H groups in total. The van der Waals surface area contributed by atoms with Crippen molar-refractivity contribution < 1.29 is 14.2 Å². The van der Waals surface area contributed by atoms with Crippen LogP contribution in [0.15, 0.2) is 60.9 Å². The fourth-order valence-corrected chi connectivity index (χ4v) is 4.29. The highest BCUT2D eigenvalue weighted by Crippen LogP contribution is 2.32. The van der Waals surface area contributed by atoms with Gasteiger partial charge in [-0.1, -0.05) is 12.1 Å². The lowest BCUT2D eigenvalue weighted by molar-refractivity contribution is -0.0528. The molecule has 0 amide bonds. The number of ether oxygens (including phenoxy) is 1. The highest BCUT2D eigenvalue weighted by atomic mass is 19.1. The molecule has 0 radical (unpaired) electrons. The second-order valence-electron chi connectivity index (χ2n) is 7.81. The van der Waals surface area contributed by atoms with Crippen molar-refractivity contribution in [2.75, 3.05) is 13.1 Å². The minimum Gasteiger partial charge on any atom is -0.472 e. The van der Waals surface area contributed by atoms with Crippen molar-refractivity contribution in [3.8, 4) is 5.75 Å². The van der Waals surface area contributed by atoms with Crippen LogP contribution in [0.5, 0.6) is 5.75 Å². The first-order valence-corrected chi connectivity index (χ1v) is 10.2. The largest absolute Gasteiger partial charge is 0.472 e. The van der Waals surface area contributed by atoms with Crippen LogP contribution in [0.1, 0.15) is 18.9 Å². The van der Waals surface area contributed by atoms with E-state index < -0.39 is 12.3 Å². The first kappa shape index (κ1) is 18.9. The number of nitrogens with zero attached hydrogens (tertiary/aromatic N) is 1. The first-order valence-electron chi connectivity index (χ1n) is 10.2. The Balaban J connectivity index is 1.38. The number of nitrogens with one attached hydrogen (secondary N) is 2. The summed E-state index contributed by atoms with van der Waals surface area (Å²) in [5.74, 6) is 0.516. The van der Waals surface area contributed by atoms with E-state index in [0.29, 0.717) is 6.54 Å². The van der Waals surface area contributed by atoms with E-state index in [1.807, 2.05) is 42.7 Å². The van der Waals surface area contributed by atoms with Crippen LogP contribution >= 0.6 is 0 Å². The predicted octanol–water partition coefficient (Wildman–Crippen LogP) is 4.66. The normalized spacial score (nSPS) is 17.2. The third-order valence-electron chi connectivity index (χ3n) is 5.81.